The first-order valence-electron chi connectivity index (χ1n) is 5.47. The van der Waals surface area contributed by atoms with Gasteiger partial charge in [0.25, 0.3) is 0 Å². The third-order valence-electron chi connectivity index (χ3n) is 2.61. The zero-order valence-electron chi connectivity index (χ0n) is 10.1. The van der Waals surface area contributed by atoms with Crippen LogP contribution in [0, 0.1) is 13.8 Å². The van der Waals surface area contributed by atoms with Crippen LogP contribution in [0.15, 0.2) is 34.8 Å². The normalized spacial score (nSPS) is 10.4. The molecule has 0 bridgehead atoms. The fourth-order valence-corrected chi connectivity index (χ4v) is 2.11. The molecule has 0 spiro atoms. The van der Waals surface area contributed by atoms with Crippen molar-refractivity contribution in [3.05, 3.63) is 51.0 Å². The summed E-state index contributed by atoms with van der Waals surface area (Å²) in [5, 5.41) is 0.600. The molecule has 2 aromatic rings. The Morgan fingerprint density at radius 2 is 1.72 bits per heavy atom. The third kappa shape index (κ3) is 2.79. The molecule has 0 radical (unpaired) electrons. The number of aryl methyl sites for hydroxylation is 2. The number of hydrogen-bond acceptors (Lipinski definition) is 2. The van der Waals surface area contributed by atoms with Crippen molar-refractivity contribution in [3.63, 3.8) is 0 Å². The molecule has 0 atom stereocenters. The third-order valence-corrected chi connectivity index (χ3v) is 4.10. The standard InChI is InChI=1S/C14H13BrClNO/c1-8-5-11(6-9(2)14(8)15)18-13-4-3-10(16)7-12(13)17/h3-7H,17H2,1-2H3. The molecule has 0 saturated heterocycles. The Hall–Kier alpha value is -1.19. The van der Waals surface area contributed by atoms with E-state index in [0.29, 0.717) is 16.5 Å². The molecule has 2 rings (SSSR count). The minimum absolute atomic E-state index is 0.528. The van der Waals surface area contributed by atoms with Gasteiger partial charge >= 0.3 is 0 Å². The van der Waals surface area contributed by atoms with E-state index in [2.05, 4.69) is 15.9 Å². The van der Waals surface area contributed by atoms with Gasteiger partial charge in [-0.2, -0.15) is 0 Å². The molecule has 2 aromatic carbocycles. The molecule has 94 valence electrons. The van der Waals surface area contributed by atoms with Crippen molar-refractivity contribution in [2.75, 3.05) is 5.73 Å². The second-order valence-corrected chi connectivity index (χ2v) is 5.38. The zero-order chi connectivity index (χ0) is 13.3. The van der Waals surface area contributed by atoms with E-state index in [-0.39, 0.29) is 0 Å². The summed E-state index contributed by atoms with van der Waals surface area (Å²) in [6, 6.07) is 9.13. The molecule has 0 saturated carbocycles. The Morgan fingerprint density at radius 1 is 1.11 bits per heavy atom. The highest BCUT2D eigenvalue weighted by molar-refractivity contribution is 9.10. The van der Waals surface area contributed by atoms with Crippen molar-refractivity contribution < 1.29 is 4.74 Å². The number of nitrogens with two attached hydrogens (primary N) is 1. The Balaban J connectivity index is 2.34. The lowest BCUT2D eigenvalue weighted by Gasteiger charge is -2.11. The summed E-state index contributed by atoms with van der Waals surface area (Å²) < 4.78 is 6.87. The van der Waals surface area contributed by atoms with Gasteiger partial charge in [0, 0.05) is 9.50 Å². The van der Waals surface area contributed by atoms with Crippen LogP contribution in [0.1, 0.15) is 11.1 Å². The highest BCUT2D eigenvalue weighted by Gasteiger charge is 2.06. The molecule has 4 heteroatoms. The molecule has 2 nitrogen and oxygen atoms in total. The Morgan fingerprint density at radius 3 is 2.28 bits per heavy atom. The topological polar surface area (TPSA) is 35.2 Å². The average Bonchev–Trinajstić information content (AvgIpc) is 2.29. The van der Waals surface area contributed by atoms with Crippen LogP contribution >= 0.6 is 27.5 Å². The van der Waals surface area contributed by atoms with Gasteiger partial charge in [-0.15, -0.1) is 0 Å². The van der Waals surface area contributed by atoms with Gasteiger partial charge < -0.3 is 10.5 Å². The van der Waals surface area contributed by atoms with Crippen molar-refractivity contribution in [2.45, 2.75) is 13.8 Å². The first kappa shape index (κ1) is 13.2. The van der Waals surface area contributed by atoms with E-state index in [1.54, 1.807) is 18.2 Å². The smallest absolute Gasteiger partial charge is 0.150 e. The van der Waals surface area contributed by atoms with E-state index < -0.39 is 0 Å². The van der Waals surface area contributed by atoms with Gasteiger partial charge in [0.15, 0.2) is 0 Å². The summed E-state index contributed by atoms with van der Waals surface area (Å²) in [6.45, 7) is 4.05. The van der Waals surface area contributed by atoms with Crippen molar-refractivity contribution in [3.8, 4) is 11.5 Å². The van der Waals surface area contributed by atoms with Gasteiger partial charge in [-0.1, -0.05) is 27.5 Å². The second-order valence-electron chi connectivity index (χ2n) is 4.16. The largest absolute Gasteiger partial charge is 0.455 e. The maximum absolute atomic E-state index is 5.86. The van der Waals surface area contributed by atoms with Crippen LogP contribution in [-0.2, 0) is 0 Å². The molecule has 0 aliphatic heterocycles. The fraction of sp³-hybridized carbons (Fsp3) is 0.143. The molecule has 0 fully saturated rings. The number of rotatable bonds is 2. The van der Waals surface area contributed by atoms with Gasteiger partial charge in [0.2, 0.25) is 0 Å². The minimum Gasteiger partial charge on any atom is -0.455 e. The summed E-state index contributed by atoms with van der Waals surface area (Å²) in [5.41, 5.74) is 8.63. The molecule has 0 heterocycles. The van der Waals surface area contributed by atoms with E-state index in [0.717, 1.165) is 21.3 Å². The van der Waals surface area contributed by atoms with Crippen LogP contribution in [0.5, 0.6) is 11.5 Å². The summed E-state index contributed by atoms with van der Waals surface area (Å²) in [5.74, 6) is 1.38. The monoisotopic (exact) mass is 325 g/mol. The van der Waals surface area contributed by atoms with Crippen LogP contribution < -0.4 is 10.5 Å². The predicted molar refractivity (Wildman–Crippen MR) is 79.6 cm³/mol. The van der Waals surface area contributed by atoms with Gasteiger partial charge in [0.1, 0.15) is 11.5 Å². The summed E-state index contributed by atoms with van der Waals surface area (Å²) in [4.78, 5) is 0. The molecule has 18 heavy (non-hydrogen) atoms. The molecule has 0 unspecified atom stereocenters. The molecule has 0 aliphatic rings. The zero-order valence-corrected chi connectivity index (χ0v) is 12.5. The van der Waals surface area contributed by atoms with Crippen molar-refractivity contribution in [1.82, 2.24) is 0 Å². The maximum atomic E-state index is 5.86. The molecular weight excluding hydrogens is 314 g/mol. The van der Waals surface area contributed by atoms with Gasteiger partial charge in [-0.25, -0.2) is 0 Å². The number of anilines is 1. The number of halogens is 2. The number of ether oxygens (including phenoxy) is 1. The number of benzene rings is 2. The van der Waals surface area contributed by atoms with E-state index in [1.807, 2.05) is 26.0 Å². The fourth-order valence-electron chi connectivity index (χ4n) is 1.70. The average molecular weight is 327 g/mol. The van der Waals surface area contributed by atoms with Gasteiger partial charge in [0.05, 0.1) is 5.69 Å². The quantitative estimate of drug-likeness (QED) is 0.780. The highest BCUT2D eigenvalue weighted by Crippen LogP contribution is 2.33. The lowest BCUT2D eigenvalue weighted by Crippen LogP contribution is -1.93. The first-order valence-corrected chi connectivity index (χ1v) is 6.64. The van der Waals surface area contributed by atoms with E-state index >= 15 is 0 Å². The number of nitrogen functional groups attached to an aromatic ring is 1. The van der Waals surface area contributed by atoms with E-state index in [4.69, 9.17) is 22.1 Å². The lowest BCUT2D eigenvalue weighted by atomic mass is 10.1. The van der Waals surface area contributed by atoms with E-state index in [9.17, 15) is 0 Å². The van der Waals surface area contributed by atoms with E-state index in [1.165, 1.54) is 0 Å². The molecular formula is C14H13BrClNO. The van der Waals surface area contributed by atoms with Crippen LogP contribution in [0.2, 0.25) is 5.02 Å². The van der Waals surface area contributed by atoms with Crippen molar-refractivity contribution in [1.29, 1.82) is 0 Å². The Kier molecular flexibility index (Phi) is 3.83. The lowest BCUT2D eigenvalue weighted by molar-refractivity contribution is 0.484. The number of hydrogen-bond donors (Lipinski definition) is 1. The molecule has 0 aliphatic carbocycles. The maximum Gasteiger partial charge on any atom is 0.150 e. The van der Waals surface area contributed by atoms with Crippen LogP contribution in [0.3, 0.4) is 0 Å². The minimum atomic E-state index is 0.528. The van der Waals surface area contributed by atoms with Crippen LogP contribution in [0.25, 0.3) is 0 Å². The molecule has 2 N–H and O–H groups in total. The molecule has 0 amide bonds. The van der Waals surface area contributed by atoms with Crippen molar-refractivity contribution >= 4 is 33.2 Å². The van der Waals surface area contributed by atoms with Gasteiger partial charge in [-0.05, 0) is 55.3 Å². The Labute approximate surface area is 120 Å². The van der Waals surface area contributed by atoms with Crippen molar-refractivity contribution in [2.24, 2.45) is 0 Å². The summed E-state index contributed by atoms with van der Waals surface area (Å²) in [6.07, 6.45) is 0. The highest BCUT2D eigenvalue weighted by atomic mass is 79.9. The van der Waals surface area contributed by atoms with Gasteiger partial charge in [-0.3, -0.25) is 0 Å². The van der Waals surface area contributed by atoms with Crippen LogP contribution in [-0.4, -0.2) is 0 Å². The van der Waals surface area contributed by atoms with Crippen LogP contribution in [0.4, 0.5) is 5.69 Å². The Bertz CT molecular complexity index is 575. The summed E-state index contributed by atoms with van der Waals surface area (Å²) in [7, 11) is 0. The first-order chi connectivity index (χ1) is 8.47. The molecule has 0 aromatic heterocycles. The SMILES string of the molecule is Cc1cc(Oc2ccc(Cl)cc2N)cc(C)c1Br. The summed E-state index contributed by atoms with van der Waals surface area (Å²) >= 11 is 9.37. The second kappa shape index (κ2) is 5.21. The predicted octanol–water partition coefficient (Wildman–Crippen LogP) is 5.09.